The molecule has 6 nitrogen and oxygen atoms in total. The number of aryl methyl sites for hydroxylation is 1. The lowest BCUT2D eigenvalue weighted by Gasteiger charge is -2.26. The molecular weight excluding hydrogens is 290 g/mol. The van der Waals surface area contributed by atoms with Gasteiger partial charge in [0.05, 0.1) is 6.04 Å². The zero-order valence-corrected chi connectivity index (χ0v) is 13.9. The van der Waals surface area contributed by atoms with E-state index >= 15 is 0 Å². The van der Waals surface area contributed by atoms with Gasteiger partial charge >= 0.3 is 0 Å². The molecular formula is C17H23N5O. The van der Waals surface area contributed by atoms with Crippen LogP contribution in [0, 0.1) is 6.92 Å². The van der Waals surface area contributed by atoms with Crippen molar-refractivity contribution in [1.29, 1.82) is 0 Å². The number of amides is 1. The Morgan fingerprint density at radius 3 is 2.87 bits per heavy atom. The Bertz CT molecular complexity index is 694. The van der Waals surface area contributed by atoms with E-state index in [2.05, 4.69) is 16.0 Å². The average Bonchev–Trinajstić information content (AvgIpc) is 3.17. The van der Waals surface area contributed by atoms with Gasteiger partial charge in [-0.1, -0.05) is 0 Å². The fraction of sp³-hybridized carbons (Fsp3) is 0.471. The molecule has 1 aliphatic rings. The Kier molecular flexibility index (Phi) is 4.32. The second kappa shape index (κ2) is 6.40. The van der Waals surface area contributed by atoms with Gasteiger partial charge in [-0.05, 0) is 37.5 Å². The maximum absolute atomic E-state index is 12.7. The van der Waals surface area contributed by atoms with Gasteiger partial charge in [0.1, 0.15) is 18.2 Å². The van der Waals surface area contributed by atoms with Crippen LogP contribution in [0.3, 0.4) is 0 Å². The Labute approximate surface area is 136 Å². The van der Waals surface area contributed by atoms with Crippen LogP contribution in [0.2, 0.25) is 0 Å². The molecule has 6 heteroatoms. The molecule has 122 valence electrons. The topological polar surface area (TPSA) is 54.3 Å². The van der Waals surface area contributed by atoms with Crippen LogP contribution in [-0.4, -0.2) is 46.0 Å². The monoisotopic (exact) mass is 313 g/mol. The quantitative estimate of drug-likeness (QED) is 0.866. The summed E-state index contributed by atoms with van der Waals surface area (Å²) in [5, 5.41) is 0. The van der Waals surface area contributed by atoms with Crippen LogP contribution in [0.1, 0.15) is 30.3 Å². The molecule has 0 spiro atoms. The third kappa shape index (κ3) is 3.21. The normalized spacial score (nSPS) is 17.5. The standard InChI is InChI=1S/C17H23N5O/c1-13-18-8-10-21(13)12-17(23)22-9-4-5-15(22)14-6-7-19-16(11-14)20(2)3/h6-8,10-11,15H,4-5,9,12H2,1-3H3. The predicted octanol–water partition coefficient (Wildman–Crippen LogP) is 2.02. The first kappa shape index (κ1) is 15.5. The summed E-state index contributed by atoms with van der Waals surface area (Å²) >= 11 is 0. The number of carbonyl (C=O) groups excluding carboxylic acids is 1. The minimum absolute atomic E-state index is 0.146. The fourth-order valence-electron chi connectivity index (χ4n) is 3.11. The van der Waals surface area contributed by atoms with Crippen LogP contribution in [0.5, 0.6) is 0 Å². The molecule has 0 N–H and O–H groups in total. The summed E-state index contributed by atoms with van der Waals surface area (Å²) in [5.41, 5.74) is 1.16. The molecule has 2 aromatic rings. The second-order valence-electron chi connectivity index (χ2n) is 6.19. The van der Waals surface area contributed by atoms with Gasteiger partial charge in [0, 0.05) is 39.2 Å². The molecule has 0 radical (unpaired) electrons. The molecule has 23 heavy (non-hydrogen) atoms. The lowest BCUT2D eigenvalue weighted by Crippen LogP contribution is -2.33. The summed E-state index contributed by atoms with van der Waals surface area (Å²) in [6.45, 7) is 3.09. The second-order valence-corrected chi connectivity index (χ2v) is 6.19. The third-order valence-electron chi connectivity index (χ3n) is 4.41. The molecule has 1 unspecified atom stereocenters. The van der Waals surface area contributed by atoms with Crippen LogP contribution in [0.15, 0.2) is 30.7 Å². The smallest absolute Gasteiger partial charge is 0.243 e. The first-order valence-corrected chi connectivity index (χ1v) is 7.97. The van der Waals surface area contributed by atoms with Gasteiger partial charge in [-0.25, -0.2) is 9.97 Å². The number of imidazole rings is 1. The summed E-state index contributed by atoms with van der Waals surface area (Å²) in [7, 11) is 3.96. The Morgan fingerprint density at radius 1 is 1.35 bits per heavy atom. The minimum Gasteiger partial charge on any atom is -0.363 e. The summed E-state index contributed by atoms with van der Waals surface area (Å²) in [6.07, 6.45) is 7.46. The fourth-order valence-corrected chi connectivity index (χ4v) is 3.11. The van der Waals surface area contributed by atoms with E-state index in [0.717, 1.165) is 36.6 Å². The van der Waals surface area contributed by atoms with E-state index in [1.165, 1.54) is 0 Å². The zero-order chi connectivity index (χ0) is 16.4. The highest BCUT2D eigenvalue weighted by Gasteiger charge is 2.30. The lowest BCUT2D eigenvalue weighted by molar-refractivity contribution is -0.132. The summed E-state index contributed by atoms with van der Waals surface area (Å²) in [6, 6.07) is 4.25. The largest absolute Gasteiger partial charge is 0.363 e. The SMILES string of the molecule is Cc1nccn1CC(=O)N1CCCC1c1ccnc(N(C)C)c1. The minimum atomic E-state index is 0.146. The van der Waals surface area contributed by atoms with Crippen LogP contribution in [0.4, 0.5) is 5.82 Å². The number of pyridine rings is 1. The third-order valence-corrected chi connectivity index (χ3v) is 4.41. The number of carbonyl (C=O) groups is 1. The number of anilines is 1. The summed E-state index contributed by atoms with van der Waals surface area (Å²) < 4.78 is 1.90. The first-order chi connectivity index (χ1) is 11.1. The van der Waals surface area contributed by atoms with Gasteiger partial charge in [-0.3, -0.25) is 4.79 Å². The number of hydrogen-bond donors (Lipinski definition) is 0. The van der Waals surface area contributed by atoms with Crippen molar-refractivity contribution in [2.24, 2.45) is 0 Å². The molecule has 0 aromatic carbocycles. The number of hydrogen-bond acceptors (Lipinski definition) is 4. The van der Waals surface area contributed by atoms with Crippen LogP contribution in [-0.2, 0) is 11.3 Å². The van der Waals surface area contributed by atoms with Gasteiger partial charge in [0.2, 0.25) is 5.91 Å². The van der Waals surface area contributed by atoms with E-state index < -0.39 is 0 Å². The van der Waals surface area contributed by atoms with Crippen molar-refractivity contribution in [2.75, 3.05) is 25.5 Å². The van der Waals surface area contributed by atoms with Crippen molar-refractivity contribution in [2.45, 2.75) is 32.4 Å². The van der Waals surface area contributed by atoms with E-state index in [1.807, 2.05) is 53.8 Å². The average molecular weight is 313 g/mol. The molecule has 1 saturated heterocycles. The highest BCUT2D eigenvalue weighted by molar-refractivity contribution is 5.77. The summed E-state index contributed by atoms with van der Waals surface area (Å²) in [5.74, 6) is 1.94. The highest BCUT2D eigenvalue weighted by Crippen LogP contribution is 2.33. The van der Waals surface area contributed by atoms with Gasteiger partial charge in [0.15, 0.2) is 0 Å². The van der Waals surface area contributed by atoms with Crippen molar-refractivity contribution in [3.05, 3.63) is 42.1 Å². The molecule has 1 amide bonds. The number of nitrogens with zero attached hydrogens (tertiary/aromatic N) is 5. The molecule has 3 rings (SSSR count). The van der Waals surface area contributed by atoms with Crippen molar-refractivity contribution in [1.82, 2.24) is 19.4 Å². The zero-order valence-electron chi connectivity index (χ0n) is 13.9. The number of likely N-dealkylation sites (tertiary alicyclic amines) is 1. The first-order valence-electron chi connectivity index (χ1n) is 7.97. The van der Waals surface area contributed by atoms with Crippen molar-refractivity contribution in [3.63, 3.8) is 0 Å². The number of aromatic nitrogens is 3. The molecule has 0 bridgehead atoms. The van der Waals surface area contributed by atoms with E-state index in [1.54, 1.807) is 6.20 Å². The Balaban J connectivity index is 1.78. The molecule has 1 aliphatic heterocycles. The Hall–Kier alpha value is -2.37. The van der Waals surface area contributed by atoms with E-state index in [-0.39, 0.29) is 11.9 Å². The molecule has 2 aromatic heterocycles. The van der Waals surface area contributed by atoms with E-state index in [0.29, 0.717) is 6.54 Å². The van der Waals surface area contributed by atoms with Gasteiger partial charge < -0.3 is 14.4 Å². The van der Waals surface area contributed by atoms with Gasteiger partial charge in [-0.15, -0.1) is 0 Å². The maximum Gasteiger partial charge on any atom is 0.243 e. The van der Waals surface area contributed by atoms with E-state index in [4.69, 9.17) is 0 Å². The molecule has 3 heterocycles. The lowest BCUT2D eigenvalue weighted by atomic mass is 10.1. The molecule has 0 saturated carbocycles. The van der Waals surface area contributed by atoms with Crippen molar-refractivity contribution in [3.8, 4) is 0 Å². The molecule has 1 atom stereocenters. The number of rotatable bonds is 4. The van der Waals surface area contributed by atoms with Gasteiger partial charge in [-0.2, -0.15) is 0 Å². The predicted molar refractivity (Wildman–Crippen MR) is 89.2 cm³/mol. The van der Waals surface area contributed by atoms with Gasteiger partial charge in [0.25, 0.3) is 0 Å². The Morgan fingerprint density at radius 2 is 2.17 bits per heavy atom. The van der Waals surface area contributed by atoms with Crippen LogP contribution in [0.25, 0.3) is 0 Å². The van der Waals surface area contributed by atoms with Crippen molar-refractivity contribution < 1.29 is 4.79 Å². The molecule has 1 fully saturated rings. The summed E-state index contributed by atoms with van der Waals surface area (Å²) in [4.78, 5) is 25.2. The highest BCUT2D eigenvalue weighted by atomic mass is 16.2. The molecule has 0 aliphatic carbocycles. The van der Waals surface area contributed by atoms with Crippen LogP contribution >= 0.6 is 0 Å². The van der Waals surface area contributed by atoms with Crippen molar-refractivity contribution >= 4 is 11.7 Å². The maximum atomic E-state index is 12.7. The van der Waals surface area contributed by atoms with E-state index in [9.17, 15) is 4.79 Å². The van der Waals surface area contributed by atoms with Crippen LogP contribution < -0.4 is 4.90 Å².